The molecule has 0 spiro atoms. The molecule has 1 aromatic rings. The number of ketones is 1. The van der Waals surface area contributed by atoms with Crippen molar-refractivity contribution in [1.29, 1.82) is 0 Å². The summed E-state index contributed by atoms with van der Waals surface area (Å²) in [6.45, 7) is 2.21. The molecule has 0 saturated carbocycles. The zero-order valence-corrected chi connectivity index (χ0v) is 10.3. The molecule has 98 valence electrons. The maximum absolute atomic E-state index is 11.2. The van der Waals surface area contributed by atoms with Crippen molar-refractivity contribution in [2.24, 2.45) is 0 Å². The second-order valence-electron chi connectivity index (χ2n) is 3.69. The Kier molecular flexibility index (Phi) is 5.26. The lowest BCUT2D eigenvalue weighted by Gasteiger charge is -2.07. The minimum absolute atomic E-state index is 0.168. The van der Waals surface area contributed by atoms with Crippen LogP contribution < -0.4 is 4.74 Å². The highest BCUT2D eigenvalue weighted by molar-refractivity contribution is 5.95. The molecule has 0 aromatic heterocycles. The summed E-state index contributed by atoms with van der Waals surface area (Å²) in [5, 5.41) is 10.9. The number of nitro groups is 1. The Labute approximate surface area is 105 Å². The third-order valence-corrected chi connectivity index (χ3v) is 2.31. The number of carbonyl (C=O) groups excluding carboxylic acids is 1. The predicted octanol–water partition coefficient (Wildman–Crippen LogP) is 2.21. The molecule has 0 amide bonds. The van der Waals surface area contributed by atoms with Gasteiger partial charge >= 0.3 is 5.69 Å². The van der Waals surface area contributed by atoms with E-state index in [1.165, 1.54) is 25.1 Å². The highest BCUT2D eigenvalue weighted by atomic mass is 16.6. The van der Waals surface area contributed by atoms with E-state index in [1.54, 1.807) is 7.11 Å². The van der Waals surface area contributed by atoms with Crippen molar-refractivity contribution < 1.29 is 19.2 Å². The summed E-state index contributed by atoms with van der Waals surface area (Å²) in [4.78, 5) is 21.5. The van der Waals surface area contributed by atoms with Gasteiger partial charge in [-0.3, -0.25) is 14.9 Å². The van der Waals surface area contributed by atoms with Gasteiger partial charge in [0.05, 0.1) is 11.5 Å². The average molecular weight is 253 g/mol. The molecule has 6 heteroatoms. The highest BCUT2D eigenvalue weighted by Gasteiger charge is 2.17. The summed E-state index contributed by atoms with van der Waals surface area (Å²) in [5.74, 6) is -0.0508. The first kappa shape index (κ1) is 14.1. The van der Waals surface area contributed by atoms with Crippen molar-refractivity contribution in [3.63, 3.8) is 0 Å². The molecule has 1 aromatic carbocycles. The molecule has 0 heterocycles. The van der Waals surface area contributed by atoms with Crippen LogP contribution in [0.3, 0.4) is 0 Å². The minimum atomic E-state index is -0.557. The molecular weight excluding hydrogens is 238 g/mol. The first-order valence-electron chi connectivity index (χ1n) is 5.47. The number of nitro benzene ring substituents is 1. The van der Waals surface area contributed by atoms with Crippen molar-refractivity contribution >= 4 is 11.5 Å². The fourth-order valence-electron chi connectivity index (χ4n) is 1.39. The fraction of sp³-hybridized carbons (Fsp3) is 0.417. The van der Waals surface area contributed by atoms with E-state index in [1.807, 2.05) is 0 Å². The molecule has 0 aliphatic carbocycles. The van der Waals surface area contributed by atoms with E-state index < -0.39 is 4.92 Å². The monoisotopic (exact) mass is 253 g/mol. The Morgan fingerprint density at radius 2 is 2.11 bits per heavy atom. The van der Waals surface area contributed by atoms with Gasteiger partial charge in [0, 0.05) is 31.8 Å². The quantitative estimate of drug-likeness (QED) is 0.322. The zero-order chi connectivity index (χ0) is 13.5. The van der Waals surface area contributed by atoms with Crippen molar-refractivity contribution in [1.82, 2.24) is 0 Å². The van der Waals surface area contributed by atoms with Crippen LogP contribution in [0.5, 0.6) is 5.75 Å². The summed E-state index contributed by atoms with van der Waals surface area (Å²) in [6, 6.07) is 4.19. The van der Waals surface area contributed by atoms with Gasteiger partial charge < -0.3 is 9.47 Å². The molecule has 0 bridgehead atoms. The fourth-order valence-corrected chi connectivity index (χ4v) is 1.39. The maximum atomic E-state index is 11.2. The molecule has 0 saturated heterocycles. The summed E-state index contributed by atoms with van der Waals surface area (Å²) in [6.07, 6.45) is 0.641. The smallest absolute Gasteiger partial charge is 0.311 e. The van der Waals surface area contributed by atoms with Gasteiger partial charge in [0.15, 0.2) is 11.5 Å². The number of hydrogen-bond donors (Lipinski definition) is 0. The van der Waals surface area contributed by atoms with Crippen LogP contribution in [0.2, 0.25) is 0 Å². The van der Waals surface area contributed by atoms with Gasteiger partial charge in [0.2, 0.25) is 0 Å². The Balaban J connectivity index is 2.83. The van der Waals surface area contributed by atoms with E-state index in [-0.39, 0.29) is 17.2 Å². The lowest BCUT2D eigenvalue weighted by atomic mass is 10.1. The molecular formula is C12H15NO5. The first-order chi connectivity index (χ1) is 8.56. The Hall–Kier alpha value is -1.95. The van der Waals surface area contributed by atoms with Gasteiger partial charge in [0.1, 0.15) is 0 Å². The highest BCUT2D eigenvalue weighted by Crippen LogP contribution is 2.28. The second-order valence-corrected chi connectivity index (χ2v) is 3.69. The number of nitrogens with zero attached hydrogens (tertiary/aromatic N) is 1. The van der Waals surface area contributed by atoms with Gasteiger partial charge in [-0.05, 0) is 19.1 Å². The van der Waals surface area contributed by atoms with Crippen LogP contribution in [0.15, 0.2) is 18.2 Å². The number of methoxy groups -OCH3 is 1. The number of rotatable bonds is 7. The van der Waals surface area contributed by atoms with E-state index >= 15 is 0 Å². The topological polar surface area (TPSA) is 78.7 Å². The molecule has 0 unspecified atom stereocenters. The number of carbonyl (C=O) groups is 1. The summed E-state index contributed by atoms with van der Waals surface area (Å²) in [7, 11) is 1.57. The van der Waals surface area contributed by atoms with Crippen molar-refractivity contribution in [3.8, 4) is 5.75 Å². The molecule has 0 N–H and O–H groups in total. The first-order valence-corrected chi connectivity index (χ1v) is 5.47. The summed E-state index contributed by atoms with van der Waals surface area (Å²) < 4.78 is 10.2. The largest absolute Gasteiger partial charge is 0.487 e. The molecule has 0 fully saturated rings. The Morgan fingerprint density at radius 3 is 2.67 bits per heavy atom. The van der Waals surface area contributed by atoms with E-state index in [9.17, 15) is 14.9 Å². The maximum Gasteiger partial charge on any atom is 0.311 e. The van der Waals surface area contributed by atoms with Gasteiger partial charge in [-0.2, -0.15) is 0 Å². The summed E-state index contributed by atoms with van der Waals surface area (Å²) >= 11 is 0. The van der Waals surface area contributed by atoms with E-state index in [0.717, 1.165) is 0 Å². The van der Waals surface area contributed by atoms with E-state index in [4.69, 9.17) is 9.47 Å². The standard InChI is InChI=1S/C12H15NO5/c1-9(14)10-4-5-12(11(8-10)13(15)16)18-7-3-6-17-2/h4-5,8H,3,6-7H2,1-2H3. The van der Waals surface area contributed by atoms with Gasteiger partial charge in [-0.1, -0.05) is 0 Å². The molecule has 0 aliphatic rings. The van der Waals surface area contributed by atoms with Crippen LogP contribution in [0.25, 0.3) is 0 Å². The molecule has 0 radical (unpaired) electrons. The molecule has 0 aliphatic heterocycles. The number of Topliss-reactive ketones (excluding diaryl/α,β-unsaturated/α-hetero) is 1. The number of hydrogen-bond acceptors (Lipinski definition) is 5. The molecule has 18 heavy (non-hydrogen) atoms. The van der Waals surface area contributed by atoms with Crippen molar-refractivity contribution in [2.45, 2.75) is 13.3 Å². The lowest BCUT2D eigenvalue weighted by Crippen LogP contribution is -2.04. The second kappa shape index (κ2) is 6.70. The average Bonchev–Trinajstić information content (AvgIpc) is 2.34. The van der Waals surface area contributed by atoms with Gasteiger partial charge in [-0.15, -0.1) is 0 Å². The van der Waals surface area contributed by atoms with Crippen LogP contribution in [0.4, 0.5) is 5.69 Å². The van der Waals surface area contributed by atoms with Crippen LogP contribution in [-0.4, -0.2) is 31.0 Å². The van der Waals surface area contributed by atoms with Crippen molar-refractivity contribution in [3.05, 3.63) is 33.9 Å². The predicted molar refractivity (Wildman–Crippen MR) is 65.1 cm³/mol. The molecule has 1 rings (SSSR count). The minimum Gasteiger partial charge on any atom is -0.487 e. The Bertz CT molecular complexity index is 444. The van der Waals surface area contributed by atoms with Crippen LogP contribution in [0.1, 0.15) is 23.7 Å². The lowest BCUT2D eigenvalue weighted by molar-refractivity contribution is -0.385. The molecule has 0 atom stereocenters. The number of ether oxygens (including phenoxy) is 2. The van der Waals surface area contributed by atoms with E-state index in [0.29, 0.717) is 25.2 Å². The molecule has 6 nitrogen and oxygen atoms in total. The summed E-state index contributed by atoms with van der Waals surface area (Å²) in [5.41, 5.74) is 0.103. The zero-order valence-electron chi connectivity index (χ0n) is 10.3. The third kappa shape index (κ3) is 3.81. The van der Waals surface area contributed by atoms with Crippen LogP contribution in [-0.2, 0) is 4.74 Å². The van der Waals surface area contributed by atoms with Crippen LogP contribution in [0, 0.1) is 10.1 Å². The Morgan fingerprint density at radius 1 is 1.39 bits per heavy atom. The van der Waals surface area contributed by atoms with Crippen molar-refractivity contribution in [2.75, 3.05) is 20.3 Å². The third-order valence-electron chi connectivity index (χ3n) is 2.31. The number of benzene rings is 1. The van der Waals surface area contributed by atoms with Gasteiger partial charge in [-0.25, -0.2) is 0 Å². The SMILES string of the molecule is COCCCOc1ccc(C(C)=O)cc1[N+](=O)[O-]. The normalized spacial score (nSPS) is 10.1. The van der Waals surface area contributed by atoms with Crippen LogP contribution >= 0.6 is 0 Å². The van der Waals surface area contributed by atoms with Gasteiger partial charge in [0.25, 0.3) is 0 Å². The van der Waals surface area contributed by atoms with E-state index in [2.05, 4.69) is 0 Å².